The highest BCUT2D eigenvalue weighted by atomic mass is 16.5. The van der Waals surface area contributed by atoms with Gasteiger partial charge in [0, 0.05) is 68.0 Å². The molecule has 0 atom stereocenters. The molecule has 0 aliphatic carbocycles. The second kappa shape index (κ2) is 13.0. The zero-order valence-corrected chi connectivity index (χ0v) is 24.0. The van der Waals surface area contributed by atoms with Crippen LogP contribution in [-0.2, 0) is 11.3 Å². The molecular formula is C33H36N4O5. The van der Waals surface area contributed by atoms with Gasteiger partial charge in [-0.05, 0) is 98.3 Å². The Morgan fingerprint density at radius 1 is 0.929 bits per heavy atom. The highest BCUT2D eigenvalue weighted by Gasteiger charge is 2.24. The largest absolute Gasteiger partial charge is 0.457 e. The Morgan fingerprint density at radius 3 is 2.19 bits per heavy atom. The number of carbonyl (C=O) groups excluding carboxylic acids is 3. The van der Waals surface area contributed by atoms with Crippen molar-refractivity contribution >= 4 is 28.5 Å². The lowest BCUT2D eigenvalue weighted by molar-refractivity contribution is 0.0681. The number of likely N-dealkylation sites (tertiary alicyclic amines) is 1. The lowest BCUT2D eigenvalue weighted by Gasteiger charge is -2.32. The monoisotopic (exact) mass is 568 g/mol. The Hall–Kier alpha value is -4.50. The number of aromatic nitrogens is 2. The number of hydrogen-bond acceptors (Lipinski definition) is 6. The molecule has 2 amide bonds. The van der Waals surface area contributed by atoms with Crippen molar-refractivity contribution in [2.75, 3.05) is 26.8 Å². The number of Topliss-reactive ketones (excluding diaryl/α,β-unsaturated/α-hetero) is 1. The molecule has 1 aliphatic heterocycles. The third-order valence-electron chi connectivity index (χ3n) is 7.88. The van der Waals surface area contributed by atoms with Gasteiger partial charge in [0.2, 0.25) is 5.91 Å². The SMILES string of the molecule is COCCCC(=O)c1ccc2nn(CC3CCN(C(=O)c4ccc(Oc5ccc(C(N)=O)cc5)cc4)CC3)cc2c1C. The molecular weight excluding hydrogens is 532 g/mol. The summed E-state index contributed by atoms with van der Waals surface area (Å²) < 4.78 is 12.9. The number of rotatable bonds is 11. The summed E-state index contributed by atoms with van der Waals surface area (Å²) in [6.45, 7) is 4.72. The van der Waals surface area contributed by atoms with E-state index in [4.69, 9.17) is 20.3 Å². The van der Waals surface area contributed by atoms with Gasteiger partial charge in [-0.1, -0.05) is 0 Å². The predicted octanol–water partition coefficient (Wildman–Crippen LogP) is 5.40. The number of benzene rings is 3. The van der Waals surface area contributed by atoms with Crippen molar-refractivity contribution in [3.8, 4) is 11.5 Å². The summed E-state index contributed by atoms with van der Waals surface area (Å²) >= 11 is 0. The maximum Gasteiger partial charge on any atom is 0.253 e. The van der Waals surface area contributed by atoms with Crippen molar-refractivity contribution in [1.29, 1.82) is 0 Å². The number of carbonyl (C=O) groups is 3. The highest BCUT2D eigenvalue weighted by molar-refractivity contribution is 6.01. The Balaban J connectivity index is 1.14. The molecule has 0 radical (unpaired) electrons. The van der Waals surface area contributed by atoms with Crippen LogP contribution in [0.1, 0.15) is 62.3 Å². The number of amides is 2. The summed E-state index contributed by atoms with van der Waals surface area (Å²) in [5.74, 6) is 1.24. The highest BCUT2D eigenvalue weighted by Crippen LogP contribution is 2.26. The number of fused-ring (bicyclic) bond motifs is 1. The predicted molar refractivity (Wildman–Crippen MR) is 160 cm³/mol. The molecule has 1 saturated heterocycles. The summed E-state index contributed by atoms with van der Waals surface area (Å²) in [6.07, 6.45) is 5.02. The second-order valence-electron chi connectivity index (χ2n) is 10.8. The van der Waals surface area contributed by atoms with Crippen molar-refractivity contribution in [2.45, 2.75) is 39.2 Å². The number of hydrogen-bond donors (Lipinski definition) is 1. The van der Waals surface area contributed by atoms with E-state index in [1.807, 2.05) is 34.8 Å². The van der Waals surface area contributed by atoms with E-state index >= 15 is 0 Å². The molecule has 1 aliphatic rings. The standard InChI is InChI=1S/C33H36N4O5/c1-22-28(31(38)4-3-19-41-2)13-14-30-29(22)21-37(35-30)20-23-15-17-36(18-16-23)33(40)25-7-11-27(12-8-25)42-26-9-5-24(6-10-26)32(34)39/h5-14,21,23H,3-4,15-20H2,1-2H3,(H2,34,39). The molecule has 0 saturated carbocycles. The fourth-order valence-electron chi connectivity index (χ4n) is 5.44. The van der Waals surface area contributed by atoms with Crippen LogP contribution in [0.5, 0.6) is 11.5 Å². The third kappa shape index (κ3) is 6.69. The molecule has 4 aromatic rings. The van der Waals surface area contributed by atoms with Crippen LogP contribution in [-0.4, -0.2) is 59.1 Å². The number of nitrogens with two attached hydrogens (primary N) is 1. The van der Waals surface area contributed by atoms with E-state index in [1.165, 1.54) is 0 Å². The van der Waals surface area contributed by atoms with Gasteiger partial charge in [-0.3, -0.25) is 19.1 Å². The molecule has 2 N–H and O–H groups in total. The number of ether oxygens (including phenoxy) is 2. The quantitative estimate of drug-likeness (QED) is 0.191. The summed E-state index contributed by atoms with van der Waals surface area (Å²) in [5.41, 5.74) is 8.93. The molecule has 2 heterocycles. The number of nitrogens with zero attached hydrogens (tertiary/aromatic N) is 3. The topological polar surface area (TPSA) is 117 Å². The van der Waals surface area contributed by atoms with E-state index in [-0.39, 0.29) is 11.7 Å². The third-order valence-corrected chi connectivity index (χ3v) is 7.88. The fraction of sp³-hybridized carbons (Fsp3) is 0.333. The van der Waals surface area contributed by atoms with Crippen LogP contribution >= 0.6 is 0 Å². The summed E-state index contributed by atoms with van der Waals surface area (Å²) in [6, 6.07) is 17.5. The zero-order chi connectivity index (χ0) is 29.6. The minimum atomic E-state index is -0.490. The van der Waals surface area contributed by atoms with Crippen LogP contribution in [0.15, 0.2) is 66.9 Å². The maximum atomic E-state index is 13.1. The number of methoxy groups -OCH3 is 1. The van der Waals surface area contributed by atoms with Crippen LogP contribution < -0.4 is 10.5 Å². The first kappa shape index (κ1) is 29.0. The Kier molecular flexibility index (Phi) is 8.97. The average molecular weight is 569 g/mol. The number of piperidine rings is 1. The van der Waals surface area contributed by atoms with Crippen molar-refractivity contribution in [3.05, 3.63) is 89.1 Å². The van der Waals surface area contributed by atoms with Gasteiger partial charge in [-0.2, -0.15) is 5.10 Å². The van der Waals surface area contributed by atoms with E-state index in [1.54, 1.807) is 55.6 Å². The van der Waals surface area contributed by atoms with Crippen LogP contribution in [0.25, 0.3) is 10.9 Å². The molecule has 9 heteroatoms. The minimum absolute atomic E-state index is 0.00830. The Bertz CT molecular complexity index is 1570. The lowest BCUT2D eigenvalue weighted by Crippen LogP contribution is -2.39. The van der Waals surface area contributed by atoms with Gasteiger partial charge in [-0.15, -0.1) is 0 Å². The Morgan fingerprint density at radius 2 is 1.57 bits per heavy atom. The van der Waals surface area contributed by atoms with Crippen molar-refractivity contribution in [1.82, 2.24) is 14.7 Å². The van der Waals surface area contributed by atoms with Gasteiger partial charge in [0.25, 0.3) is 5.91 Å². The molecule has 42 heavy (non-hydrogen) atoms. The van der Waals surface area contributed by atoms with Crippen molar-refractivity contribution in [2.24, 2.45) is 11.7 Å². The Labute approximate surface area is 245 Å². The van der Waals surface area contributed by atoms with Crippen LogP contribution in [0.3, 0.4) is 0 Å². The first-order valence-electron chi connectivity index (χ1n) is 14.3. The van der Waals surface area contributed by atoms with Gasteiger partial charge in [-0.25, -0.2) is 0 Å². The van der Waals surface area contributed by atoms with Crippen LogP contribution in [0.2, 0.25) is 0 Å². The fourth-order valence-corrected chi connectivity index (χ4v) is 5.44. The molecule has 1 fully saturated rings. The van der Waals surface area contributed by atoms with Gasteiger partial charge in [0.1, 0.15) is 11.5 Å². The molecule has 0 unspecified atom stereocenters. The van der Waals surface area contributed by atoms with E-state index in [2.05, 4.69) is 0 Å². The minimum Gasteiger partial charge on any atom is -0.457 e. The smallest absolute Gasteiger partial charge is 0.253 e. The summed E-state index contributed by atoms with van der Waals surface area (Å²) in [5, 5.41) is 5.78. The zero-order valence-electron chi connectivity index (χ0n) is 24.0. The molecule has 218 valence electrons. The van der Waals surface area contributed by atoms with Gasteiger partial charge in [0.05, 0.1) is 5.52 Å². The number of ketones is 1. The number of aryl methyl sites for hydroxylation is 1. The normalized spacial score (nSPS) is 13.8. The molecule has 0 bridgehead atoms. The first-order valence-corrected chi connectivity index (χ1v) is 14.3. The maximum absolute atomic E-state index is 13.1. The molecule has 1 aromatic heterocycles. The summed E-state index contributed by atoms with van der Waals surface area (Å²) in [7, 11) is 1.64. The van der Waals surface area contributed by atoms with E-state index < -0.39 is 5.91 Å². The van der Waals surface area contributed by atoms with Crippen LogP contribution in [0, 0.1) is 12.8 Å². The molecule has 9 nitrogen and oxygen atoms in total. The molecule has 5 rings (SSSR count). The van der Waals surface area contributed by atoms with Crippen molar-refractivity contribution < 1.29 is 23.9 Å². The second-order valence-corrected chi connectivity index (χ2v) is 10.8. The molecule has 3 aromatic carbocycles. The first-order chi connectivity index (χ1) is 20.3. The van der Waals surface area contributed by atoms with Gasteiger partial charge < -0.3 is 20.1 Å². The summed E-state index contributed by atoms with van der Waals surface area (Å²) in [4.78, 5) is 39.0. The lowest BCUT2D eigenvalue weighted by atomic mass is 9.96. The van der Waals surface area contributed by atoms with E-state index in [0.717, 1.165) is 41.4 Å². The van der Waals surface area contributed by atoms with Gasteiger partial charge in [0.15, 0.2) is 5.78 Å². The van der Waals surface area contributed by atoms with Crippen LogP contribution in [0.4, 0.5) is 0 Å². The average Bonchev–Trinajstić information content (AvgIpc) is 3.41. The van der Waals surface area contributed by atoms with E-state index in [0.29, 0.717) is 61.1 Å². The van der Waals surface area contributed by atoms with Crippen molar-refractivity contribution in [3.63, 3.8) is 0 Å². The van der Waals surface area contributed by atoms with Gasteiger partial charge >= 0.3 is 0 Å². The number of primary amides is 1. The molecule has 0 spiro atoms. The van der Waals surface area contributed by atoms with E-state index in [9.17, 15) is 14.4 Å².